The number of hydrogen-bond donors (Lipinski definition) is 1. The summed E-state index contributed by atoms with van der Waals surface area (Å²) in [6.45, 7) is 6.22. The van der Waals surface area contributed by atoms with Crippen LogP contribution in [0.15, 0.2) is 0 Å². The Labute approximate surface area is 136 Å². The van der Waals surface area contributed by atoms with Crippen LogP contribution in [0.25, 0.3) is 0 Å². The summed E-state index contributed by atoms with van der Waals surface area (Å²) in [5.41, 5.74) is 0. The molecule has 2 atom stereocenters. The van der Waals surface area contributed by atoms with Crippen molar-refractivity contribution in [2.24, 2.45) is 11.8 Å². The second-order valence-corrected chi connectivity index (χ2v) is 6.60. The van der Waals surface area contributed by atoms with E-state index < -0.39 is 11.9 Å². The molecule has 0 rings (SSSR count). The van der Waals surface area contributed by atoms with Crippen LogP contribution in [0.2, 0.25) is 0 Å². The minimum Gasteiger partial charge on any atom is -0.481 e. The van der Waals surface area contributed by atoms with Crippen LogP contribution >= 0.6 is 0 Å². The Hall–Kier alpha value is -0.860. The average molecular weight is 312 g/mol. The molecule has 0 radical (unpaired) electrons. The summed E-state index contributed by atoms with van der Waals surface area (Å²) in [5.74, 6) is -1.89. The SMILES string of the molecule is CCCCCCCCCC(C(=O)O)C(=O)C(C)CCCCC. The van der Waals surface area contributed by atoms with Crippen molar-refractivity contribution >= 4 is 11.8 Å². The van der Waals surface area contributed by atoms with Crippen molar-refractivity contribution in [2.75, 3.05) is 0 Å². The fourth-order valence-corrected chi connectivity index (χ4v) is 2.88. The van der Waals surface area contributed by atoms with E-state index in [-0.39, 0.29) is 11.7 Å². The molecule has 0 aliphatic rings. The second kappa shape index (κ2) is 13.8. The first-order valence-electron chi connectivity index (χ1n) is 9.31. The molecule has 2 unspecified atom stereocenters. The van der Waals surface area contributed by atoms with Crippen LogP contribution in [-0.2, 0) is 9.59 Å². The van der Waals surface area contributed by atoms with Crippen LogP contribution in [-0.4, -0.2) is 16.9 Å². The molecule has 0 aromatic rings. The predicted octanol–water partition coefficient (Wildman–Crippen LogP) is 5.61. The number of unbranched alkanes of at least 4 members (excludes halogenated alkanes) is 8. The van der Waals surface area contributed by atoms with Gasteiger partial charge in [-0.15, -0.1) is 0 Å². The number of Topliss-reactive ketones (excluding diaryl/α,β-unsaturated/α-hetero) is 1. The molecule has 3 nitrogen and oxygen atoms in total. The summed E-state index contributed by atoms with van der Waals surface area (Å²) in [5, 5.41) is 9.32. The van der Waals surface area contributed by atoms with Gasteiger partial charge in [0.15, 0.2) is 0 Å². The molecule has 0 bridgehead atoms. The monoisotopic (exact) mass is 312 g/mol. The Kier molecular flexibility index (Phi) is 13.2. The topological polar surface area (TPSA) is 54.4 Å². The van der Waals surface area contributed by atoms with Gasteiger partial charge in [0, 0.05) is 5.92 Å². The highest BCUT2D eigenvalue weighted by atomic mass is 16.4. The first-order valence-corrected chi connectivity index (χ1v) is 9.31. The van der Waals surface area contributed by atoms with Crippen LogP contribution in [0.5, 0.6) is 0 Å². The molecule has 0 amide bonds. The van der Waals surface area contributed by atoms with Crippen molar-refractivity contribution in [1.82, 2.24) is 0 Å². The highest BCUT2D eigenvalue weighted by Crippen LogP contribution is 2.20. The molecule has 0 saturated heterocycles. The van der Waals surface area contributed by atoms with E-state index in [1.807, 2.05) is 6.92 Å². The quantitative estimate of drug-likeness (QED) is 0.316. The minimum absolute atomic E-state index is 0.0606. The largest absolute Gasteiger partial charge is 0.481 e. The lowest BCUT2D eigenvalue weighted by Gasteiger charge is -2.16. The number of rotatable bonds is 15. The van der Waals surface area contributed by atoms with Gasteiger partial charge in [-0.1, -0.05) is 85.0 Å². The summed E-state index contributed by atoms with van der Waals surface area (Å²) >= 11 is 0. The predicted molar refractivity (Wildman–Crippen MR) is 92.0 cm³/mol. The van der Waals surface area contributed by atoms with Gasteiger partial charge in [0.05, 0.1) is 0 Å². The van der Waals surface area contributed by atoms with E-state index in [1.54, 1.807) is 0 Å². The summed E-state index contributed by atoms with van der Waals surface area (Å²) in [7, 11) is 0. The Morgan fingerprint density at radius 3 is 1.77 bits per heavy atom. The first-order chi connectivity index (χ1) is 10.5. The smallest absolute Gasteiger partial charge is 0.314 e. The van der Waals surface area contributed by atoms with Gasteiger partial charge >= 0.3 is 5.97 Å². The summed E-state index contributed by atoms with van der Waals surface area (Å²) in [6, 6.07) is 0. The van der Waals surface area contributed by atoms with Crippen molar-refractivity contribution < 1.29 is 14.7 Å². The molecule has 0 heterocycles. The van der Waals surface area contributed by atoms with E-state index in [4.69, 9.17) is 0 Å². The lowest BCUT2D eigenvalue weighted by molar-refractivity contribution is -0.147. The number of ketones is 1. The third-order valence-corrected chi connectivity index (χ3v) is 4.46. The number of carbonyl (C=O) groups is 2. The van der Waals surface area contributed by atoms with Crippen molar-refractivity contribution in [1.29, 1.82) is 0 Å². The van der Waals surface area contributed by atoms with Gasteiger partial charge in [-0.25, -0.2) is 0 Å². The third-order valence-electron chi connectivity index (χ3n) is 4.46. The van der Waals surface area contributed by atoms with Gasteiger partial charge in [0.1, 0.15) is 11.7 Å². The molecule has 1 N–H and O–H groups in total. The Bertz CT molecular complexity index is 299. The summed E-state index contributed by atoms with van der Waals surface area (Å²) in [4.78, 5) is 23.7. The second-order valence-electron chi connectivity index (χ2n) is 6.60. The maximum atomic E-state index is 12.3. The molecule has 22 heavy (non-hydrogen) atoms. The van der Waals surface area contributed by atoms with Crippen molar-refractivity contribution in [3.05, 3.63) is 0 Å². The minimum atomic E-state index is -0.932. The highest BCUT2D eigenvalue weighted by Gasteiger charge is 2.29. The van der Waals surface area contributed by atoms with Gasteiger partial charge in [-0.3, -0.25) is 9.59 Å². The van der Waals surface area contributed by atoms with Gasteiger partial charge < -0.3 is 5.11 Å². The van der Waals surface area contributed by atoms with Crippen LogP contribution in [0, 0.1) is 11.8 Å². The van der Waals surface area contributed by atoms with E-state index in [9.17, 15) is 14.7 Å². The average Bonchev–Trinajstić information content (AvgIpc) is 2.49. The van der Waals surface area contributed by atoms with E-state index >= 15 is 0 Å². The Morgan fingerprint density at radius 2 is 1.23 bits per heavy atom. The molecular weight excluding hydrogens is 276 g/mol. The number of aliphatic carboxylic acids is 1. The lowest BCUT2D eigenvalue weighted by Crippen LogP contribution is -2.28. The fourth-order valence-electron chi connectivity index (χ4n) is 2.88. The third kappa shape index (κ3) is 9.97. The molecule has 130 valence electrons. The molecule has 0 aliphatic heterocycles. The summed E-state index contributed by atoms with van der Waals surface area (Å²) in [6.07, 6.45) is 12.7. The number of carbonyl (C=O) groups excluding carboxylic acids is 1. The standard InChI is InChI=1S/C19H36O3/c1-4-6-8-9-10-11-13-15-17(19(21)22)18(20)16(3)14-12-7-5-2/h16-17H,4-15H2,1-3H3,(H,21,22). The molecule has 0 fully saturated rings. The van der Waals surface area contributed by atoms with E-state index in [0.29, 0.717) is 6.42 Å². The fraction of sp³-hybridized carbons (Fsp3) is 0.895. The number of hydrogen-bond acceptors (Lipinski definition) is 2. The maximum absolute atomic E-state index is 12.3. The molecule has 3 heteroatoms. The molecule has 0 spiro atoms. The van der Waals surface area contributed by atoms with Crippen LogP contribution in [0.3, 0.4) is 0 Å². The van der Waals surface area contributed by atoms with E-state index in [0.717, 1.165) is 44.9 Å². The number of carboxylic acids is 1. The van der Waals surface area contributed by atoms with Crippen molar-refractivity contribution in [3.8, 4) is 0 Å². The molecule has 0 saturated carbocycles. The van der Waals surface area contributed by atoms with Crippen LogP contribution in [0.4, 0.5) is 0 Å². The maximum Gasteiger partial charge on any atom is 0.314 e. The van der Waals surface area contributed by atoms with Gasteiger partial charge in [0.2, 0.25) is 0 Å². The Morgan fingerprint density at radius 1 is 0.773 bits per heavy atom. The zero-order valence-electron chi connectivity index (χ0n) is 14.9. The van der Waals surface area contributed by atoms with Crippen molar-refractivity contribution in [3.63, 3.8) is 0 Å². The molecule has 0 aromatic heterocycles. The molecule has 0 aromatic carbocycles. The van der Waals surface area contributed by atoms with E-state index in [1.165, 1.54) is 25.7 Å². The molecule has 0 aliphatic carbocycles. The Balaban J connectivity index is 4.03. The first kappa shape index (κ1) is 21.1. The zero-order chi connectivity index (χ0) is 16.8. The molecular formula is C19H36O3. The highest BCUT2D eigenvalue weighted by molar-refractivity contribution is 5.99. The van der Waals surface area contributed by atoms with Gasteiger partial charge in [-0.2, -0.15) is 0 Å². The van der Waals surface area contributed by atoms with Gasteiger partial charge in [-0.05, 0) is 12.8 Å². The van der Waals surface area contributed by atoms with E-state index in [2.05, 4.69) is 13.8 Å². The number of carboxylic acid groups (broad SMARTS) is 1. The lowest BCUT2D eigenvalue weighted by atomic mass is 9.87. The summed E-state index contributed by atoms with van der Waals surface area (Å²) < 4.78 is 0. The van der Waals surface area contributed by atoms with Gasteiger partial charge in [0.25, 0.3) is 0 Å². The van der Waals surface area contributed by atoms with Crippen LogP contribution in [0.1, 0.15) is 97.8 Å². The van der Waals surface area contributed by atoms with Crippen LogP contribution < -0.4 is 0 Å². The zero-order valence-corrected chi connectivity index (χ0v) is 14.9. The van der Waals surface area contributed by atoms with Crippen molar-refractivity contribution in [2.45, 2.75) is 97.8 Å². The normalized spacial score (nSPS) is 13.8.